The average molecular weight is 223 g/mol. The molecule has 1 aromatic rings. The Kier molecular flexibility index (Phi) is 3.22. The fraction of sp³-hybridized carbons (Fsp3) is 0.727. The van der Waals surface area contributed by atoms with Crippen LogP contribution in [0, 0.1) is 12.8 Å². The van der Waals surface area contributed by atoms with E-state index in [1.165, 1.54) is 11.3 Å². The molecule has 0 aliphatic heterocycles. The molecule has 1 amide bonds. The molecular formula is C11H17N3O2. The van der Waals surface area contributed by atoms with Crippen molar-refractivity contribution in [1.82, 2.24) is 10.1 Å². The molecule has 1 aromatic heterocycles. The molecule has 0 atom stereocenters. The van der Waals surface area contributed by atoms with Crippen LogP contribution in [0.3, 0.4) is 0 Å². The van der Waals surface area contributed by atoms with E-state index in [9.17, 15) is 4.79 Å². The van der Waals surface area contributed by atoms with Gasteiger partial charge in [-0.15, -0.1) is 0 Å². The number of hydrogen-bond acceptors (Lipinski definition) is 4. The monoisotopic (exact) mass is 223 g/mol. The zero-order chi connectivity index (χ0) is 11.5. The highest BCUT2D eigenvalue weighted by Crippen LogP contribution is 2.26. The first kappa shape index (κ1) is 11.1. The number of aryl methyl sites for hydroxylation is 1. The van der Waals surface area contributed by atoms with Gasteiger partial charge in [-0.25, -0.2) is 0 Å². The normalized spacial score (nSPS) is 17.4. The van der Waals surface area contributed by atoms with E-state index in [0.717, 1.165) is 25.7 Å². The molecule has 0 saturated heterocycles. The highest BCUT2D eigenvalue weighted by atomic mass is 16.5. The molecule has 1 fully saturated rings. The summed E-state index contributed by atoms with van der Waals surface area (Å²) in [6.45, 7) is 1.74. The standard InChI is InChI=1S/C11H17N3O2/c1-8-12-11(16-13-8)14(2)10(15)9-6-4-3-5-7-9/h9H,3-7H2,1-2H3. The number of carbonyl (C=O) groups is 1. The van der Waals surface area contributed by atoms with Crippen LogP contribution in [0.2, 0.25) is 0 Å². The molecule has 5 heteroatoms. The highest BCUT2D eigenvalue weighted by Gasteiger charge is 2.26. The number of nitrogens with zero attached hydrogens (tertiary/aromatic N) is 3. The molecule has 1 aliphatic rings. The van der Waals surface area contributed by atoms with Crippen molar-refractivity contribution in [2.75, 3.05) is 11.9 Å². The topological polar surface area (TPSA) is 59.2 Å². The summed E-state index contributed by atoms with van der Waals surface area (Å²) in [5.41, 5.74) is 0. The Hall–Kier alpha value is -1.39. The summed E-state index contributed by atoms with van der Waals surface area (Å²) in [5, 5.41) is 3.69. The smallest absolute Gasteiger partial charge is 0.315 e. The summed E-state index contributed by atoms with van der Waals surface area (Å²) < 4.78 is 4.98. The molecule has 2 rings (SSSR count). The van der Waals surface area contributed by atoms with Crippen LogP contribution in [0.4, 0.5) is 6.01 Å². The van der Waals surface area contributed by atoms with Crippen molar-refractivity contribution >= 4 is 11.9 Å². The van der Waals surface area contributed by atoms with Gasteiger partial charge < -0.3 is 4.52 Å². The summed E-state index contributed by atoms with van der Waals surface area (Å²) in [4.78, 5) is 17.6. The van der Waals surface area contributed by atoms with Crippen LogP contribution in [-0.4, -0.2) is 23.1 Å². The molecule has 0 radical (unpaired) electrons. The van der Waals surface area contributed by atoms with E-state index >= 15 is 0 Å². The highest BCUT2D eigenvalue weighted by molar-refractivity contribution is 5.92. The van der Waals surface area contributed by atoms with E-state index in [0.29, 0.717) is 11.8 Å². The van der Waals surface area contributed by atoms with Gasteiger partial charge in [0.15, 0.2) is 5.82 Å². The Bertz CT molecular complexity index is 369. The number of hydrogen-bond donors (Lipinski definition) is 0. The lowest BCUT2D eigenvalue weighted by Crippen LogP contribution is -2.34. The summed E-state index contributed by atoms with van der Waals surface area (Å²) in [7, 11) is 1.70. The van der Waals surface area contributed by atoms with Gasteiger partial charge in [0.1, 0.15) is 0 Å². The van der Waals surface area contributed by atoms with Gasteiger partial charge in [0.05, 0.1) is 0 Å². The van der Waals surface area contributed by atoms with Crippen LogP contribution in [0.25, 0.3) is 0 Å². The third-order valence-corrected chi connectivity index (χ3v) is 3.09. The lowest BCUT2D eigenvalue weighted by Gasteiger charge is -2.23. The van der Waals surface area contributed by atoms with Gasteiger partial charge in [0.25, 0.3) is 0 Å². The minimum atomic E-state index is 0.100. The second-order valence-electron chi connectivity index (χ2n) is 4.36. The Morgan fingerprint density at radius 3 is 2.62 bits per heavy atom. The first-order chi connectivity index (χ1) is 7.68. The molecule has 1 heterocycles. The van der Waals surface area contributed by atoms with Crippen molar-refractivity contribution in [3.8, 4) is 0 Å². The van der Waals surface area contributed by atoms with Crippen molar-refractivity contribution in [3.63, 3.8) is 0 Å². The molecule has 0 unspecified atom stereocenters. The number of aromatic nitrogens is 2. The molecular weight excluding hydrogens is 206 g/mol. The van der Waals surface area contributed by atoms with Crippen molar-refractivity contribution < 1.29 is 9.32 Å². The minimum absolute atomic E-state index is 0.100. The Balaban J connectivity index is 2.03. The van der Waals surface area contributed by atoms with Gasteiger partial charge in [0.2, 0.25) is 5.91 Å². The van der Waals surface area contributed by atoms with Crippen LogP contribution >= 0.6 is 0 Å². The first-order valence-electron chi connectivity index (χ1n) is 5.76. The molecule has 0 N–H and O–H groups in total. The van der Waals surface area contributed by atoms with Gasteiger partial charge >= 0.3 is 6.01 Å². The Labute approximate surface area is 94.8 Å². The predicted molar refractivity (Wildman–Crippen MR) is 59.0 cm³/mol. The van der Waals surface area contributed by atoms with E-state index in [2.05, 4.69) is 10.1 Å². The van der Waals surface area contributed by atoms with Crippen molar-refractivity contribution in [2.45, 2.75) is 39.0 Å². The maximum absolute atomic E-state index is 12.1. The third kappa shape index (κ3) is 2.23. The van der Waals surface area contributed by atoms with Crippen LogP contribution < -0.4 is 4.90 Å². The number of rotatable bonds is 2. The van der Waals surface area contributed by atoms with Gasteiger partial charge in [-0.3, -0.25) is 9.69 Å². The second-order valence-corrected chi connectivity index (χ2v) is 4.36. The number of anilines is 1. The largest absolute Gasteiger partial charge is 0.330 e. The molecule has 5 nitrogen and oxygen atoms in total. The van der Waals surface area contributed by atoms with E-state index in [-0.39, 0.29) is 11.8 Å². The molecule has 0 bridgehead atoms. The SMILES string of the molecule is Cc1noc(N(C)C(=O)C2CCCCC2)n1. The lowest BCUT2D eigenvalue weighted by molar-refractivity contribution is -0.123. The van der Waals surface area contributed by atoms with E-state index in [4.69, 9.17) is 4.52 Å². The molecule has 16 heavy (non-hydrogen) atoms. The molecule has 0 spiro atoms. The lowest BCUT2D eigenvalue weighted by atomic mass is 9.88. The van der Waals surface area contributed by atoms with Crippen LogP contribution in [0.15, 0.2) is 4.52 Å². The molecule has 1 saturated carbocycles. The van der Waals surface area contributed by atoms with Gasteiger partial charge in [0, 0.05) is 13.0 Å². The maximum Gasteiger partial charge on any atom is 0.330 e. The molecule has 1 aliphatic carbocycles. The quantitative estimate of drug-likeness (QED) is 0.768. The summed E-state index contributed by atoms with van der Waals surface area (Å²) in [6.07, 6.45) is 5.50. The van der Waals surface area contributed by atoms with Crippen molar-refractivity contribution in [3.05, 3.63) is 5.82 Å². The van der Waals surface area contributed by atoms with Gasteiger partial charge in [-0.2, -0.15) is 4.98 Å². The first-order valence-corrected chi connectivity index (χ1v) is 5.76. The van der Waals surface area contributed by atoms with E-state index in [1.54, 1.807) is 14.0 Å². The van der Waals surface area contributed by atoms with Gasteiger partial charge in [-0.05, 0) is 19.8 Å². The van der Waals surface area contributed by atoms with Gasteiger partial charge in [-0.1, -0.05) is 24.4 Å². The second kappa shape index (κ2) is 4.63. The van der Waals surface area contributed by atoms with E-state index in [1.807, 2.05) is 0 Å². The minimum Gasteiger partial charge on any atom is -0.315 e. The zero-order valence-electron chi connectivity index (χ0n) is 9.77. The summed E-state index contributed by atoms with van der Waals surface area (Å²) in [5.74, 6) is 0.785. The fourth-order valence-electron chi connectivity index (χ4n) is 2.14. The summed E-state index contributed by atoms with van der Waals surface area (Å²) >= 11 is 0. The number of amides is 1. The summed E-state index contributed by atoms with van der Waals surface area (Å²) in [6, 6.07) is 0.299. The van der Waals surface area contributed by atoms with Crippen molar-refractivity contribution in [2.24, 2.45) is 5.92 Å². The van der Waals surface area contributed by atoms with Crippen LogP contribution in [0.5, 0.6) is 0 Å². The number of carbonyl (C=O) groups excluding carboxylic acids is 1. The molecule has 0 aromatic carbocycles. The van der Waals surface area contributed by atoms with E-state index < -0.39 is 0 Å². The predicted octanol–water partition coefficient (Wildman–Crippen LogP) is 1.92. The Morgan fingerprint density at radius 1 is 1.38 bits per heavy atom. The zero-order valence-corrected chi connectivity index (χ0v) is 9.77. The van der Waals surface area contributed by atoms with Crippen molar-refractivity contribution in [1.29, 1.82) is 0 Å². The van der Waals surface area contributed by atoms with Crippen LogP contribution in [0.1, 0.15) is 37.9 Å². The third-order valence-electron chi connectivity index (χ3n) is 3.09. The Morgan fingerprint density at radius 2 is 2.06 bits per heavy atom. The average Bonchev–Trinajstić information content (AvgIpc) is 2.75. The molecule has 88 valence electrons. The fourth-order valence-corrected chi connectivity index (χ4v) is 2.14. The van der Waals surface area contributed by atoms with Crippen LogP contribution in [-0.2, 0) is 4.79 Å². The maximum atomic E-state index is 12.1.